The van der Waals surface area contributed by atoms with Crippen LogP contribution in [0.1, 0.15) is 6.92 Å². The van der Waals surface area contributed by atoms with Crippen molar-refractivity contribution >= 4 is 0 Å². The fraction of sp³-hybridized carbons (Fsp3) is 0.167. The van der Waals surface area contributed by atoms with Crippen LogP contribution in [0.15, 0.2) is 61.8 Å². The van der Waals surface area contributed by atoms with Crippen molar-refractivity contribution in [2.24, 2.45) is 5.92 Å². The van der Waals surface area contributed by atoms with Gasteiger partial charge in [0.2, 0.25) is 0 Å². The van der Waals surface area contributed by atoms with Crippen molar-refractivity contribution in [2.45, 2.75) is 6.92 Å². The van der Waals surface area contributed by atoms with Crippen LogP contribution < -0.4 is 0 Å². The summed E-state index contributed by atoms with van der Waals surface area (Å²) in [4.78, 5) is 0. The van der Waals surface area contributed by atoms with E-state index in [-0.39, 0.29) is 0 Å². The van der Waals surface area contributed by atoms with E-state index in [1.165, 1.54) is 5.57 Å². The molecule has 1 atom stereocenters. The summed E-state index contributed by atoms with van der Waals surface area (Å²) in [6, 6.07) is 0. The predicted molar refractivity (Wildman–Crippen MR) is 57.0 cm³/mol. The molecule has 0 aromatic rings. The Kier molecular flexibility index (Phi) is 5.72. The molecule has 0 aromatic carbocycles. The van der Waals surface area contributed by atoms with Gasteiger partial charge in [0.05, 0.1) is 0 Å². The summed E-state index contributed by atoms with van der Waals surface area (Å²) < 4.78 is 0. The fourth-order valence-corrected chi connectivity index (χ4v) is 1.00. The van der Waals surface area contributed by atoms with E-state index in [1.54, 1.807) is 0 Å². The van der Waals surface area contributed by atoms with Gasteiger partial charge in [-0.2, -0.15) is 0 Å². The molecular formula is C12H16. The van der Waals surface area contributed by atoms with Gasteiger partial charge in [0.25, 0.3) is 0 Å². The lowest BCUT2D eigenvalue weighted by Gasteiger charge is -2.09. The smallest absolute Gasteiger partial charge is 0.000732 e. The van der Waals surface area contributed by atoms with Gasteiger partial charge in [-0.1, -0.05) is 50.0 Å². The van der Waals surface area contributed by atoms with Gasteiger partial charge in [0.15, 0.2) is 0 Å². The van der Waals surface area contributed by atoms with Crippen LogP contribution in [-0.4, -0.2) is 0 Å². The summed E-state index contributed by atoms with van der Waals surface area (Å²) in [7, 11) is 0. The average molecular weight is 160 g/mol. The third-order valence-corrected chi connectivity index (χ3v) is 1.64. The summed E-state index contributed by atoms with van der Waals surface area (Å²) in [5, 5.41) is 0. The van der Waals surface area contributed by atoms with E-state index in [1.807, 2.05) is 12.2 Å². The van der Waals surface area contributed by atoms with Gasteiger partial charge in [-0.3, -0.25) is 0 Å². The molecule has 12 heavy (non-hydrogen) atoms. The molecule has 0 amide bonds. The zero-order valence-corrected chi connectivity index (χ0v) is 7.66. The lowest BCUT2D eigenvalue weighted by atomic mass is 9.96. The Hall–Kier alpha value is -1.30. The summed E-state index contributed by atoms with van der Waals surface area (Å²) in [5.41, 5.74) is 1.33. The number of allylic oxidation sites excluding steroid dienone is 7. The van der Waals surface area contributed by atoms with E-state index in [0.717, 1.165) is 0 Å². The van der Waals surface area contributed by atoms with Crippen LogP contribution in [0.3, 0.4) is 0 Å². The van der Waals surface area contributed by atoms with E-state index < -0.39 is 0 Å². The highest BCUT2D eigenvalue weighted by Gasteiger charge is 2.01. The van der Waals surface area contributed by atoms with Crippen molar-refractivity contribution in [2.75, 3.05) is 0 Å². The lowest BCUT2D eigenvalue weighted by Crippen LogP contribution is -1.94. The van der Waals surface area contributed by atoms with Gasteiger partial charge in [0, 0.05) is 0 Å². The van der Waals surface area contributed by atoms with Crippen molar-refractivity contribution in [1.82, 2.24) is 0 Å². The van der Waals surface area contributed by atoms with Gasteiger partial charge < -0.3 is 0 Å². The van der Waals surface area contributed by atoms with E-state index in [2.05, 4.69) is 51.0 Å². The van der Waals surface area contributed by atoms with E-state index in [0.29, 0.717) is 5.92 Å². The third kappa shape index (κ3) is 3.20. The molecule has 0 nitrogen and oxygen atoms in total. The molecule has 0 saturated heterocycles. The molecule has 0 radical (unpaired) electrons. The summed E-state index contributed by atoms with van der Waals surface area (Å²) in [6.45, 7) is 11.8. The van der Waals surface area contributed by atoms with Crippen LogP contribution in [0.5, 0.6) is 0 Å². The second kappa shape index (κ2) is 6.41. The number of rotatable bonds is 1. The number of hydrogen-bond donors (Lipinski definition) is 0. The molecule has 0 aromatic heterocycles. The standard InChI is InChI=1S/C10H12.C2H4/c1-3-6-10-8-5-4-7-9(10)2;1-2/h3-9H,1H2,2H3;1-2H2/b10-6-;. The minimum atomic E-state index is 0.544. The van der Waals surface area contributed by atoms with Crippen LogP contribution in [0.25, 0.3) is 0 Å². The molecule has 0 bridgehead atoms. The van der Waals surface area contributed by atoms with Crippen molar-refractivity contribution < 1.29 is 0 Å². The van der Waals surface area contributed by atoms with Crippen LogP contribution in [-0.2, 0) is 0 Å². The second-order valence-electron chi connectivity index (χ2n) is 2.44. The van der Waals surface area contributed by atoms with Crippen LogP contribution in [0.4, 0.5) is 0 Å². The maximum atomic E-state index is 3.65. The van der Waals surface area contributed by atoms with Crippen molar-refractivity contribution in [3.05, 3.63) is 61.8 Å². The Morgan fingerprint density at radius 3 is 2.50 bits per heavy atom. The zero-order chi connectivity index (χ0) is 9.40. The zero-order valence-electron chi connectivity index (χ0n) is 7.66. The van der Waals surface area contributed by atoms with Gasteiger partial charge in [-0.15, -0.1) is 13.2 Å². The minimum absolute atomic E-state index is 0.544. The van der Waals surface area contributed by atoms with Gasteiger partial charge in [0.1, 0.15) is 0 Å². The summed E-state index contributed by atoms with van der Waals surface area (Å²) in [5.74, 6) is 0.544. The van der Waals surface area contributed by atoms with Gasteiger partial charge in [-0.05, 0) is 11.5 Å². The predicted octanol–water partition coefficient (Wildman–Crippen LogP) is 3.66. The van der Waals surface area contributed by atoms with Crippen molar-refractivity contribution in [3.63, 3.8) is 0 Å². The number of hydrogen-bond acceptors (Lipinski definition) is 0. The van der Waals surface area contributed by atoms with E-state index >= 15 is 0 Å². The molecular weight excluding hydrogens is 144 g/mol. The Labute approximate surface area is 75.3 Å². The van der Waals surface area contributed by atoms with Crippen molar-refractivity contribution in [3.8, 4) is 0 Å². The molecule has 64 valence electrons. The first-order chi connectivity index (χ1) is 5.84. The average Bonchev–Trinajstić information content (AvgIpc) is 2.13. The molecule has 1 aliphatic carbocycles. The monoisotopic (exact) mass is 160 g/mol. The molecule has 0 saturated carbocycles. The molecule has 0 spiro atoms. The molecule has 1 rings (SSSR count). The second-order valence-corrected chi connectivity index (χ2v) is 2.44. The SMILES string of the molecule is C=C.C=C/C=C1/C=CC=CC1C. The molecule has 0 fully saturated rings. The first-order valence-electron chi connectivity index (χ1n) is 4.02. The fourth-order valence-electron chi connectivity index (χ4n) is 1.00. The highest BCUT2D eigenvalue weighted by atomic mass is 14.1. The molecule has 1 unspecified atom stereocenters. The van der Waals surface area contributed by atoms with Gasteiger partial charge >= 0.3 is 0 Å². The van der Waals surface area contributed by atoms with Crippen molar-refractivity contribution in [1.29, 1.82) is 0 Å². The quantitative estimate of drug-likeness (QED) is 0.513. The Bertz CT molecular complexity index is 216. The first-order valence-corrected chi connectivity index (χ1v) is 4.02. The van der Waals surface area contributed by atoms with Gasteiger partial charge in [-0.25, -0.2) is 0 Å². The topological polar surface area (TPSA) is 0 Å². The van der Waals surface area contributed by atoms with Crippen LogP contribution in [0.2, 0.25) is 0 Å². The van der Waals surface area contributed by atoms with E-state index in [9.17, 15) is 0 Å². The highest BCUT2D eigenvalue weighted by Crippen LogP contribution is 2.17. The molecule has 0 heteroatoms. The molecule has 1 aliphatic rings. The first kappa shape index (κ1) is 10.7. The molecule has 0 aliphatic heterocycles. The third-order valence-electron chi connectivity index (χ3n) is 1.64. The van der Waals surface area contributed by atoms with Crippen LogP contribution >= 0.6 is 0 Å². The Balaban J connectivity index is 0.000000561. The Morgan fingerprint density at radius 2 is 2.00 bits per heavy atom. The molecule has 0 N–H and O–H groups in total. The van der Waals surface area contributed by atoms with E-state index in [4.69, 9.17) is 0 Å². The summed E-state index contributed by atoms with van der Waals surface area (Å²) >= 11 is 0. The highest BCUT2D eigenvalue weighted by molar-refractivity contribution is 5.34. The maximum absolute atomic E-state index is 3.65. The van der Waals surface area contributed by atoms with Crippen LogP contribution in [0, 0.1) is 5.92 Å². The minimum Gasteiger partial charge on any atom is -0.106 e. The lowest BCUT2D eigenvalue weighted by molar-refractivity contribution is 0.884. The Morgan fingerprint density at radius 1 is 1.33 bits per heavy atom. The molecule has 0 heterocycles. The summed E-state index contributed by atoms with van der Waals surface area (Å²) in [6.07, 6.45) is 12.3. The largest absolute Gasteiger partial charge is 0.106 e. The normalized spacial score (nSPS) is 23.1. The maximum Gasteiger partial charge on any atom is -0.000732 e.